The average molecular weight is 300 g/mol. The summed E-state index contributed by atoms with van der Waals surface area (Å²) < 4.78 is 0. The van der Waals surface area contributed by atoms with Crippen LogP contribution in [0, 0.1) is 11.3 Å². The van der Waals surface area contributed by atoms with Gasteiger partial charge in [-0.2, -0.15) is 0 Å². The highest BCUT2D eigenvalue weighted by Crippen LogP contribution is 2.51. The van der Waals surface area contributed by atoms with Gasteiger partial charge in [-0.05, 0) is 55.5 Å². The zero-order chi connectivity index (χ0) is 15.3. The lowest BCUT2D eigenvalue weighted by Crippen LogP contribution is -2.33. The Labute approximate surface area is 137 Å². The molecule has 2 aliphatic rings. The van der Waals surface area contributed by atoms with E-state index in [1.165, 1.54) is 76.4 Å². The summed E-state index contributed by atoms with van der Waals surface area (Å²) in [6, 6.07) is 11.1. The fourth-order valence-electron chi connectivity index (χ4n) is 5.05. The molecule has 0 spiro atoms. The molecule has 3 rings (SSSR count). The molecule has 0 radical (unpaired) electrons. The number of rotatable bonds is 6. The van der Waals surface area contributed by atoms with E-state index in [4.69, 9.17) is 0 Å². The number of nitrogens with zero attached hydrogens (tertiary/aromatic N) is 1. The van der Waals surface area contributed by atoms with Crippen LogP contribution in [-0.2, 0) is 6.54 Å². The van der Waals surface area contributed by atoms with E-state index in [0.717, 1.165) is 12.5 Å². The summed E-state index contributed by atoms with van der Waals surface area (Å²) in [5.41, 5.74) is 2.19. The molecule has 1 aliphatic carbocycles. The molecule has 1 saturated carbocycles. The molecule has 0 bridgehead atoms. The van der Waals surface area contributed by atoms with Gasteiger partial charge < -0.3 is 0 Å². The maximum atomic E-state index is 2.74. The molecular weight excluding hydrogens is 266 g/mol. The third-order valence-corrected chi connectivity index (χ3v) is 6.25. The zero-order valence-corrected chi connectivity index (χ0v) is 14.4. The van der Waals surface area contributed by atoms with Crippen molar-refractivity contribution in [3.8, 4) is 0 Å². The third kappa shape index (κ3) is 3.74. The Hall–Kier alpha value is -0.820. The van der Waals surface area contributed by atoms with Gasteiger partial charge in [0.15, 0.2) is 0 Å². The van der Waals surface area contributed by atoms with Gasteiger partial charge in [0.2, 0.25) is 0 Å². The third-order valence-electron chi connectivity index (χ3n) is 6.25. The van der Waals surface area contributed by atoms with Crippen molar-refractivity contribution in [1.29, 1.82) is 0 Å². The second kappa shape index (κ2) is 7.64. The Kier molecular flexibility index (Phi) is 5.57. The standard InChI is InChI=1S/C21H33N/c1-2-3-7-13-21-14-8-12-20(21)18-22(16-9-15-21)17-19-10-5-4-6-11-19/h4-6,10-11,20H,2-3,7-9,12-18H2,1H3. The highest BCUT2D eigenvalue weighted by atomic mass is 15.1. The van der Waals surface area contributed by atoms with Gasteiger partial charge in [-0.15, -0.1) is 0 Å². The van der Waals surface area contributed by atoms with Crippen LogP contribution in [0.5, 0.6) is 0 Å². The topological polar surface area (TPSA) is 3.24 Å². The van der Waals surface area contributed by atoms with Gasteiger partial charge in [0.1, 0.15) is 0 Å². The minimum atomic E-state index is 0.709. The molecule has 22 heavy (non-hydrogen) atoms. The van der Waals surface area contributed by atoms with Gasteiger partial charge in [-0.3, -0.25) is 4.90 Å². The van der Waals surface area contributed by atoms with Gasteiger partial charge >= 0.3 is 0 Å². The summed E-state index contributed by atoms with van der Waals surface area (Å²) in [7, 11) is 0. The largest absolute Gasteiger partial charge is 0.299 e. The van der Waals surface area contributed by atoms with Crippen molar-refractivity contribution >= 4 is 0 Å². The molecule has 0 aromatic heterocycles. The van der Waals surface area contributed by atoms with Crippen LogP contribution in [0.1, 0.15) is 70.3 Å². The van der Waals surface area contributed by atoms with E-state index in [-0.39, 0.29) is 0 Å². The smallest absolute Gasteiger partial charge is 0.0233 e. The lowest BCUT2D eigenvalue weighted by molar-refractivity contribution is 0.143. The quantitative estimate of drug-likeness (QED) is 0.614. The van der Waals surface area contributed by atoms with Crippen molar-refractivity contribution in [2.45, 2.75) is 71.3 Å². The molecule has 1 heterocycles. The predicted octanol–water partition coefficient (Wildman–Crippen LogP) is 5.65. The van der Waals surface area contributed by atoms with E-state index in [1.54, 1.807) is 0 Å². The first-order valence-corrected chi connectivity index (χ1v) is 9.59. The lowest BCUT2D eigenvalue weighted by atomic mass is 9.71. The molecule has 2 unspecified atom stereocenters. The van der Waals surface area contributed by atoms with Crippen LogP contribution in [0.15, 0.2) is 30.3 Å². The number of hydrogen-bond donors (Lipinski definition) is 0. The summed E-state index contributed by atoms with van der Waals surface area (Å²) in [6.07, 6.45) is 13.1. The monoisotopic (exact) mass is 299 g/mol. The number of hydrogen-bond acceptors (Lipinski definition) is 1. The number of fused-ring (bicyclic) bond motifs is 1. The zero-order valence-electron chi connectivity index (χ0n) is 14.4. The van der Waals surface area contributed by atoms with Crippen molar-refractivity contribution in [3.63, 3.8) is 0 Å². The summed E-state index contributed by atoms with van der Waals surface area (Å²) in [4.78, 5) is 2.74. The molecule has 1 saturated heterocycles. The van der Waals surface area contributed by atoms with Crippen LogP contribution in [0.3, 0.4) is 0 Å². The average Bonchev–Trinajstić information content (AvgIpc) is 2.84. The lowest BCUT2D eigenvalue weighted by Gasteiger charge is -2.35. The van der Waals surface area contributed by atoms with Crippen molar-refractivity contribution in [2.75, 3.05) is 13.1 Å². The minimum absolute atomic E-state index is 0.709. The van der Waals surface area contributed by atoms with Crippen LogP contribution in [-0.4, -0.2) is 18.0 Å². The minimum Gasteiger partial charge on any atom is -0.299 e. The van der Waals surface area contributed by atoms with Crippen LogP contribution >= 0.6 is 0 Å². The molecule has 0 amide bonds. The van der Waals surface area contributed by atoms with Gasteiger partial charge in [0, 0.05) is 13.1 Å². The van der Waals surface area contributed by atoms with Crippen LogP contribution in [0.25, 0.3) is 0 Å². The van der Waals surface area contributed by atoms with Crippen molar-refractivity contribution in [3.05, 3.63) is 35.9 Å². The summed E-state index contributed by atoms with van der Waals surface area (Å²) in [6.45, 7) is 6.14. The summed E-state index contributed by atoms with van der Waals surface area (Å²) >= 11 is 0. The fourth-order valence-corrected chi connectivity index (χ4v) is 5.05. The molecule has 0 N–H and O–H groups in total. The van der Waals surface area contributed by atoms with E-state index in [9.17, 15) is 0 Å². The van der Waals surface area contributed by atoms with E-state index in [1.807, 2.05) is 0 Å². The second-order valence-electron chi connectivity index (χ2n) is 7.73. The van der Waals surface area contributed by atoms with Gasteiger partial charge in [0.25, 0.3) is 0 Å². The molecule has 2 fully saturated rings. The molecule has 1 heteroatoms. The van der Waals surface area contributed by atoms with Crippen molar-refractivity contribution in [1.82, 2.24) is 4.90 Å². The summed E-state index contributed by atoms with van der Waals surface area (Å²) in [5.74, 6) is 0.968. The molecule has 1 aliphatic heterocycles. The Morgan fingerprint density at radius 3 is 2.73 bits per heavy atom. The fraction of sp³-hybridized carbons (Fsp3) is 0.714. The van der Waals surface area contributed by atoms with Crippen molar-refractivity contribution in [2.24, 2.45) is 11.3 Å². The van der Waals surface area contributed by atoms with Crippen molar-refractivity contribution < 1.29 is 0 Å². The van der Waals surface area contributed by atoms with Gasteiger partial charge in [-0.25, -0.2) is 0 Å². The van der Waals surface area contributed by atoms with Crippen LogP contribution in [0.4, 0.5) is 0 Å². The summed E-state index contributed by atoms with van der Waals surface area (Å²) in [5, 5.41) is 0. The molecular formula is C21H33N. The predicted molar refractivity (Wildman–Crippen MR) is 94.9 cm³/mol. The highest BCUT2D eigenvalue weighted by Gasteiger charge is 2.43. The number of likely N-dealkylation sites (tertiary alicyclic amines) is 1. The van der Waals surface area contributed by atoms with E-state index >= 15 is 0 Å². The number of benzene rings is 1. The van der Waals surface area contributed by atoms with Gasteiger partial charge in [0.05, 0.1) is 0 Å². The first-order valence-electron chi connectivity index (χ1n) is 9.59. The Morgan fingerprint density at radius 2 is 1.91 bits per heavy atom. The molecule has 122 valence electrons. The van der Waals surface area contributed by atoms with E-state index < -0.39 is 0 Å². The maximum Gasteiger partial charge on any atom is 0.0233 e. The maximum absolute atomic E-state index is 2.74. The first kappa shape index (κ1) is 16.1. The Morgan fingerprint density at radius 1 is 1.09 bits per heavy atom. The van der Waals surface area contributed by atoms with Gasteiger partial charge in [-0.1, -0.05) is 62.9 Å². The molecule has 1 aromatic rings. The molecule has 2 atom stereocenters. The van der Waals surface area contributed by atoms with Crippen LogP contribution in [0.2, 0.25) is 0 Å². The second-order valence-corrected chi connectivity index (χ2v) is 7.73. The molecule has 1 aromatic carbocycles. The highest BCUT2D eigenvalue weighted by molar-refractivity contribution is 5.14. The molecule has 1 nitrogen and oxygen atoms in total. The SMILES string of the molecule is CCCCCC12CCCC1CN(Cc1ccccc1)CCC2. The van der Waals surface area contributed by atoms with Crippen LogP contribution < -0.4 is 0 Å². The Balaban J connectivity index is 1.62. The first-order chi connectivity index (χ1) is 10.8. The normalized spacial score (nSPS) is 29.2. The van der Waals surface area contributed by atoms with E-state index in [2.05, 4.69) is 42.2 Å². The van der Waals surface area contributed by atoms with E-state index in [0.29, 0.717) is 5.41 Å². The Bertz CT molecular complexity index is 440. The number of unbranched alkanes of at least 4 members (excludes halogenated alkanes) is 2.